The molecule has 0 N–H and O–H groups in total. The van der Waals surface area contributed by atoms with Crippen LogP contribution in [-0.2, 0) is 17.8 Å². The first-order valence-corrected chi connectivity index (χ1v) is 5.49. The number of hydrogen-bond acceptors (Lipinski definition) is 2. The molecule has 0 spiro atoms. The van der Waals surface area contributed by atoms with Gasteiger partial charge in [0.15, 0.2) is 0 Å². The van der Waals surface area contributed by atoms with Crippen LogP contribution in [0, 0.1) is 0 Å². The molecule has 2 rings (SSSR count). The second-order valence-electron chi connectivity index (χ2n) is 3.91. The quantitative estimate of drug-likeness (QED) is 0.707. The molecular formula is C12H16N2O. The lowest BCUT2D eigenvalue weighted by Gasteiger charge is -2.12. The summed E-state index contributed by atoms with van der Waals surface area (Å²) < 4.78 is 2.15. The van der Waals surface area contributed by atoms with Gasteiger partial charge in [-0.1, -0.05) is 11.6 Å². The number of Topliss-reactive ketones (excluding diaryl/α,β-unsaturated/α-hetero) is 1. The highest BCUT2D eigenvalue weighted by molar-refractivity contribution is 5.81. The van der Waals surface area contributed by atoms with E-state index in [1.165, 1.54) is 5.57 Å². The van der Waals surface area contributed by atoms with Crippen LogP contribution >= 0.6 is 0 Å². The third-order valence-corrected chi connectivity index (χ3v) is 2.87. The van der Waals surface area contributed by atoms with E-state index in [0.717, 1.165) is 25.2 Å². The molecule has 0 radical (unpaired) electrons. The Morgan fingerprint density at radius 1 is 1.47 bits per heavy atom. The molecule has 3 nitrogen and oxygen atoms in total. The Bertz CT molecular complexity index is 390. The van der Waals surface area contributed by atoms with Crippen molar-refractivity contribution in [1.29, 1.82) is 0 Å². The lowest BCUT2D eigenvalue weighted by molar-refractivity contribution is -0.118. The van der Waals surface area contributed by atoms with Crippen LogP contribution in [0.1, 0.15) is 32.0 Å². The van der Waals surface area contributed by atoms with Crippen LogP contribution in [-0.4, -0.2) is 15.3 Å². The van der Waals surface area contributed by atoms with E-state index in [0.29, 0.717) is 18.6 Å². The van der Waals surface area contributed by atoms with Gasteiger partial charge in [-0.05, 0) is 13.3 Å². The second kappa shape index (κ2) is 4.43. The van der Waals surface area contributed by atoms with Crippen molar-refractivity contribution in [3.63, 3.8) is 0 Å². The molecule has 0 unspecified atom stereocenters. The topological polar surface area (TPSA) is 34.9 Å². The van der Waals surface area contributed by atoms with Crippen molar-refractivity contribution in [2.75, 3.05) is 0 Å². The number of hydrogen-bond donors (Lipinski definition) is 0. The smallest absolute Gasteiger partial charge is 0.136 e. The van der Waals surface area contributed by atoms with Gasteiger partial charge in [-0.3, -0.25) is 4.79 Å². The molecule has 1 aromatic rings. The zero-order valence-electron chi connectivity index (χ0n) is 9.07. The van der Waals surface area contributed by atoms with Gasteiger partial charge in [0.25, 0.3) is 0 Å². The maximum absolute atomic E-state index is 11.1. The Balaban J connectivity index is 2.06. The first kappa shape index (κ1) is 10.1. The van der Waals surface area contributed by atoms with Gasteiger partial charge >= 0.3 is 0 Å². The van der Waals surface area contributed by atoms with Crippen molar-refractivity contribution in [3.8, 4) is 0 Å². The number of imidazole rings is 1. The SMILES string of the molecule is CCn1ccnc1CC1=CCC(=O)CC1. The number of rotatable bonds is 3. The Hall–Kier alpha value is -1.38. The van der Waals surface area contributed by atoms with Gasteiger partial charge in [-0.15, -0.1) is 0 Å². The van der Waals surface area contributed by atoms with Crippen molar-refractivity contribution in [2.45, 2.75) is 39.2 Å². The molecule has 0 amide bonds. The fraction of sp³-hybridized carbons (Fsp3) is 0.500. The maximum Gasteiger partial charge on any atom is 0.136 e. The highest BCUT2D eigenvalue weighted by Crippen LogP contribution is 2.18. The van der Waals surface area contributed by atoms with Gasteiger partial charge in [0, 0.05) is 38.2 Å². The van der Waals surface area contributed by atoms with E-state index in [4.69, 9.17) is 0 Å². The Morgan fingerprint density at radius 3 is 3.00 bits per heavy atom. The van der Waals surface area contributed by atoms with Gasteiger partial charge in [-0.25, -0.2) is 4.98 Å². The predicted molar refractivity (Wildman–Crippen MR) is 58.5 cm³/mol. The minimum absolute atomic E-state index is 0.359. The number of aromatic nitrogens is 2. The number of carbonyl (C=O) groups is 1. The Labute approximate surface area is 89.8 Å². The van der Waals surface area contributed by atoms with Crippen LogP contribution in [0.4, 0.5) is 0 Å². The van der Waals surface area contributed by atoms with Gasteiger partial charge in [-0.2, -0.15) is 0 Å². The molecule has 0 saturated heterocycles. The molecule has 0 aliphatic heterocycles. The van der Waals surface area contributed by atoms with E-state index in [1.807, 2.05) is 12.4 Å². The minimum Gasteiger partial charge on any atom is -0.335 e. The summed E-state index contributed by atoms with van der Waals surface area (Å²) >= 11 is 0. The van der Waals surface area contributed by atoms with E-state index in [9.17, 15) is 4.79 Å². The lowest BCUT2D eigenvalue weighted by Crippen LogP contribution is -2.08. The number of carbonyl (C=O) groups excluding carboxylic acids is 1. The molecule has 3 heteroatoms. The van der Waals surface area contributed by atoms with E-state index < -0.39 is 0 Å². The molecule has 0 saturated carbocycles. The summed E-state index contributed by atoms with van der Waals surface area (Å²) in [6.45, 7) is 3.07. The molecular weight excluding hydrogens is 188 g/mol. The third-order valence-electron chi connectivity index (χ3n) is 2.87. The average molecular weight is 204 g/mol. The molecule has 0 fully saturated rings. The summed E-state index contributed by atoms with van der Waals surface area (Å²) in [6, 6.07) is 0. The monoisotopic (exact) mass is 204 g/mol. The molecule has 15 heavy (non-hydrogen) atoms. The lowest BCUT2D eigenvalue weighted by atomic mass is 9.96. The van der Waals surface area contributed by atoms with Gasteiger partial charge in [0.05, 0.1) is 0 Å². The van der Waals surface area contributed by atoms with E-state index >= 15 is 0 Å². The van der Waals surface area contributed by atoms with Crippen LogP contribution in [0.15, 0.2) is 24.0 Å². The molecule has 0 atom stereocenters. The third kappa shape index (κ3) is 2.35. The zero-order chi connectivity index (χ0) is 10.7. The van der Waals surface area contributed by atoms with Crippen LogP contribution in [0.3, 0.4) is 0 Å². The number of allylic oxidation sites excluding steroid dienone is 2. The van der Waals surface area contributed by atoms with Crippen molar-refractivity contribution in [2.24, 2.45) is 0 Å². The summed E-state index contributed by atoms with van der Waals surface area (Å²) in [5, 5.41) is 0. The highest BCUT2D eigenvalue weighted by Gasteiger charge is 2.12. The van der Waals surface area contributed by atoms with Crippen molar-refractivity contribution >= 4 is 5.78 Å². The van der Waals surface area contributed by atoms with Crippen LogP contribution < -0.4 is 0 Å². The fourth-order valence-electron chi connectivity index (χ4n) is 1.92. The normalized spacial score (nSPS) is 16.6. The summed E-state index contributed by atoms with van der Waals surface area (Å²) in [6.07, 6.45) is 9.04. The van der Waals surface area contributed by atoms with Crippen LogP contribution in [0.5, 0.6) is 0 Å². The maximum atomic E-state index is 11.1. The van der Waals surface area contributed by atoms with Gasteiger partial charge in [0.2, 0.25) is 0 Å². The standard InChI is InChI=1S/C12H16N2O/c1-2-14-8-7-13-12(14)9-10-3-5-11(15)6-4-10/h3,7-8H,2,4-6,9H2,1H3. The summed E-state index contributed by atoms with van der Waals surface area (Å²) in [7, 11) is 0. The van der Waals surface area contributed by atoms with Crippen molar-refractivity contribution in [1.82, 2.24) is 9.55 Å². The number of ketones is 1. The molecule has 1 aliphatic carbocycles. The van der Waals surface area contributed by atoms with E-state index in [-0.39, 0.29) is 0 Å². The molecule has 0 bridgehead atoms. The summed E-state index contributed by atoms with van der Waals surface area (Å²) in [4.78, 5) is 15.4. The van der Waals surface area contributed by atoms with Crippen molar-refractivity contribution < 1.29 is 4.79 Å². The molecule has 1 aromatic heterocycles. The van der Waals surface area contributed by atoms with Crippen LogP contribution in [0.2, 0.25) is 0 Å². The zero-order valence-corrected chi connectivity index (χ0v) is 9.07. The summed E-state index contributed by atoms with van der Waals surface area (Å²) in [5.41, 5.74) is 1.36. The first-order chi connectivity index (χ1) is 7.29. The first-order valence-electron chi connectivity index (χ1n) is 5.49. The van der Waals surface area contributed by atoms with Gasteiger partial charge in [0.1, 0.15) is 11.6 Å². The van der Waals surface area contributed by atoms with E-state index in [1.54, 1.807) is 0 Å². The summed E-state index contributed by atoms with van der Waals surface area (Å²) in [5.74, 6) is 1.47. The molecule has 80 valence electrons. The fourth-order valence-corrected chi connectivity index (χ4v) is 1.92. The molecule has 0 aromatic carbocycles. The predicted octanol–water partition coefficient (Wildman–Crippen LogP) is 2.12. The molecule has 1 aliphatic rings. The van der Waals surface area contributed by atoms with Crippen molar-refractivity contribution in [3.05, 3.63) is 29.9 Å². The Kier molecular flexibility index (Phi) is 2.99. The molecule has 1 heterocycles. The Morgan fingerprint density at radius 2 is 2.33 bits per heavy atom. The van der Waals surface area contributed by atoms with Crippen LogP contribution in [0.25, 0.3) is 0 Å². The largest absolute Gasteiger partial charge is 0.335 e. The minimum atomic E-state index is 0.359. The number of nitrogens with zero attached hydrogens (tertiary/aromatic N) is 2. The second-order valence-corrected chi connectivity index (χ2v) is 3.91. The average Bonchev–Trinajstić information content (AvgIpc) is 2.69. The number of aryl methyl sites for hydroxylation is 1. The van der Waals surface area contributed by atoms with E-state index in [2.05, 4.69) is 22.6 Å². The van der Waals surface area contributed by atoms with Gasteiger partial charge < -0.3 is 4.57 Å². The highest BCUT2D eigenvalue weighted by atomic mass is 16.1.